The molecule has 9 heteroatoms. The molecule has 0 fully saturated rings. The predicted molar refractivity (Wildman–Crippen MR) is 184 cm³/mol. The molecule has 4 aromatic rings. The number of carbonyl (C=O) groups is 2. The predicted octanol–water partition coefficient (Wildman–Crippen LogP) is 5.20. The van der Waals surface area contributed by atoms with E-state index >= 15 is 0 Å². The summed E-state index contributed by atoms with van der Waals surface area (Å²) in [6.45, 7) is 11.1. The molecule has 46 heavy (non-hydrogen) atoms. The van der Waals surface area contributed by atoms with E-state index in [2.05, 4.69) is 57.9 Å². The molecule has 0 radical (unpaired) electrons. The van der Waals surface area contributed by atoms with E-state index in [1.165, 1.54) is 0 Å². The molecule has 0 saturated carbocycles. The molecule has 2 atom stereocenters. The van der Waals surface area contributed by atoms with Gasteiger partial charge in [0.2, 0.25) is 5.91 Å². The molecule has 4 rings (SSSR count). The Morgan fingerprint density at radius 3 is 2.39 bits per heavy atom. The van der Waals surface area contributed by atoms with E-state index < -0.39 is 6.04 Å². The number of nitrogens with one attached hydrogen (secondary N) is 3. The van der Waals surface area contributed by atoms with Crippen molar-refractivity contribution in [2.75, 3.05) is 26.2 Å². The highest BCUT2D eigenvalue weighted by Crippen LogP contribution is 2.24. The summed E-state index contributed by atoms with van der Waals surface area (Å²) in [5, 5.41) is 21.1. The zero-order chi connectivity index (χ0) is 32.7. The normalized spacial score (nSPS) is 12.7. The lowest BCUT2D eigenvalue weighted by molar-refractivity contribution is -0.123. The highest BCUT2D eigenvalue weighted by Gasteiger charge is 2.24. The highest BCUT2D eigenvalue weighted by molar-refractivity contribution is 5.97. The Hall–Kier alpha value is -4.05. The van der Waals surface area contributed by atoms with Crippen LogP contribution in [0.1, 0.15) is 79.8 Å². The van der Waals surface area contributed by atoms with E-state index in [0.717, 1.165) is 66.6 Å². The zero-order valence-electron chi connectivity index (χ0n) is 27.5. The van der Waals surface area contributed by atoms with Gasteiger partial charge in [-0.05, 0) is 86.3 Å². The van der Waals surface area contributed by atoms with Crippen LogP contribution in [0, 0.1) is 0 Å². The van der Waals surface area contributed by atoms with Crippen LogP contribution in [-0.4, -0.2) is 63.7 Å². The van der Waals surface area contributed by atoms with Gasteiger partial charge in [-0.15, -0.1) is 0 Å². The number of imidazole rings is 1. The van der Waals surface area contributed by atoms with E-state index in [1.54, 1.807) is 18.3 Å². The molecular formula is C37H50N6O3. The smallest absolute Gasteiger partial charge is 0.251 e. The fraction of sp³-hybridized carbons (Fsp3) is 0.432. The first kappa shape index (κ1) is 34.8. The molecular weight excluding hydrogens is 576 g/mol. The minimum absolute atomic E-state index is 0.0643. The highest BCUT2D eigenvalue weighted by atomic mass is 16.3. The van der Waals surface area contributed by atoms with Crippen molar-refractivity contribution in [3.05, 3.63) is 102 Å². The minimum atomic E-state index is -0.654. The third kappa shape index (κ3) is 9.97. The lowest BCUT2D eigenvalue weighted by Gasteiger charge is -2.25. The average molecular weight is 627 g/mol. The van der Waals surface area contributed by atoms with Crippen molar-refractivity contribution in [2.45, 2.75) is 78.2 Å². The molecule has 0 unspecified atom stereocenters. The summed E-state index contributed by atoms with van der Waals surface area (Å²) in [4.78, 5) is 33.9. The van der Waals surface area contributed by atoms with Crippen molar-refractivity contribution >= 4 is 22.6 Å². The molecule has 1 aromatic heterocycles. The van der Waals surface area contributed by atoms with E-state index in [9.17, 15) is 14.7 Å². The number of aliphatic hydroxyl groups is 1. The molecule has 0 saturated heterocycles. The molecule has 4 N–H and O–H groups in total. The number of nitrogens with zero attached hydrogens (tertiary/aromatic N) is 3. The van der Waals surface area contributed by atoms with Gasteiger partial charge >= 0.3 is 0 Å². The van der Waals surface area contributed by atoms with Crippen LogP contribution in [0.3, 0.4) is 0 Å². The third-order valence-electron chi connectivity index (χ3n) is 8.29. The molecule has 0 spiro atoms. The first-order chi connectivity index (χ1) is 22.4. The summed E-state index contributed by atoms with van der Waals surface area (Å²) >= 11 is 0. The Morgan fingerprint density at radius 1 is 0.913 bits per heavy atom. The van der Waals surface area contributed by atoms with Crippen LogP contribution in [0.5, 0.6) is 0 Å². The maximum Gasteiger partial charge on any atom is 0.251 e. The van der Waals surface area contributed by atoms with Crippen molar-refractivity contribution in [3.8, 4) is 0 Å². The minimum Gasteiger partial charge on any atom is -0.395 e. The molecule has 2 amide bonds. The van der Waals surface area contributed by atoms with Gasteiger partial charge in [-0.3, -0.25) is 9.59 Å². The van der Waals surface area contributed by atoms with Crippen LogP contribution < -0.4 is 16.0 Å². The number of fused-ring (bicyclic) bond motifs is 1. The standard InChI is InChI=1S/C37H50N6O3/c1-4-20-42(21-5-2)22-9-14-34(37(46)40-28(3)32-13-8-11-30-10-6-7-12-33(30)32)41-36(45)31-17-15-29(16-18-31)26-38-27-35-39-19-23-43(35)24-25-44/h6-8,10-13,15-19,23,28,34,38,44H,4-5,9,14,20-22,24-27H2,1-3H3,(H,40,46)(H,41,45)/t28-,34-/m0/s1. The van der Waals surface area contributed by atoms with Gasteiger partial charge in [0.1, 0.15) is 11.9 Å². The molecule has 9 nitrogen and oxygen atoms in total. The summed E-state index contributed by atoms with van der Waals surface area (Å²) in [5.74, 6) is 0.422. The molecule has 0 aliphatic heterocycles. The third-order valence-corrected chi connectivity index (χ3v) is 8.29. The van der Waals surface area contributed by atoms with Crippen LogP contribution in [0.15, 0.2) is 79.1 Å². The van der Waals surface area contributed by atoms with Crippen LogP contribution in [0.4, 0.5) is 0 Å². The van der Waals surface area contributed by atoms with Gasteiger partial charge in [-0.2, -0.15) is 0 Å². The van der Waals surface area contributed by atoms with Crippen molar-refractivity contribution < 1.29 is 14.7 Å². The van der Waals surface area contributed by atoms with Crippen LogP contribution >= 0.6 is 0 Å². The van der Waals surface area contributed by atoms with Crippen molar-refractivity contribution in [2.24, 2.45) is 0 Å². The molecule has 0 aliphatic rings. The molecule has 0 bridgehead atoms. The Morgan fingerprint density at radius 2 is 1.65 bits per heavy atom. The van der Waals surface area contributed by atoms with Gasteiger partial charge in [-0.1, -0.05) is 68.4 Å². The molecule has 3 aromatic carbocycles. The largest absolute Gasteiger partial charge is 0.395 e. The number of amides is 2. The maximum atomic E-state index is 13.7. The number of hydrogen-bond acceptors (Lipinski definition) is 6. The zero-order valence-corrected chi connectivity index (χ0v) is 27.5. The Labute approximate surface area is 273 Å². The summed E-state index contributed by atoms with van der Waals surface area (Å²) in [5.41, 5.74) is 2.60. The number of aromatic nitrogens is 2. The van der Waals surface area contributed by atoms with E-state index in [1.807, 2.05) is 54.1 Å². The topological polar surface area (TPSA) is 112 Å². The number of rotatable bonds is 19. The summed E-state index contributed by atoms with van der Waals surface area (Å²) in [6.07, 6.45) is 7.11. The molecule has 1 heterocycles. The number of benzene rings is 3. The second-order valence-electron chi connectivity index (χ2n) is 11.9. The number of aliphatic hydroxyl groups excluding tert-OH is 1. The monoisotopic (exact) mass is 626 g/mol. The number of carbonyl (C=O) groups excluding carboxylic acids is 2. The summed E-state index contributed by atoms with van der Waals surface area (Å²) in [7, 11) is 0. The van der Waals surface area contributed by atoms with Crippen molar-refractivity contribution in [1.82, 2.24) is 30.4 Å². The lowest BCUT2D eigenvalue weighted by atomic mass is 9.99. The van der Waals surface area contributed by atoms with E-state index in [4.69, 9.17) is 0 Å². The fourth-order valence-corrected chi connectivity index (χ4v) is 5.93. The lowest BCUT2D eigenvalue weighted by Crippen LogP contribution is -2.47. The van der Waals surface area contributed by atoms with Gasteiger partial charge in [0.15, 0.2) is 0 Å². The molecule has 246 valence electrons. The average Bonchev–Trinajstić information content (AvgIpc) is 3.51. The molecule has 0 aliphatic carbocycles. The van der Waals surface area contributed by atoms with E-state index in [-0.39, 0.29) is 24.5 Å². The first-order valence-corrected chi connectivity index (χ1v) is 16.6. The van der Waals surface area contributed by atoms with Gasteiger partial charge in [0, 0.05) is 31.0 Å². The Balaban J connectivity index is 1.39. The van der Waals surface area contributed by atoms with Gasteiger partial charge in [-0.25, -0.2) is 4.98 Å². The SMILES string of the molecule is CCCN(CCC)CCC[C@H](NC(=O)c1ccc(CNCc2nccn2CCO)cc1)C(=O)N[C@@H](C)c1cccc2ccccc12. The van der Waals surface area contributed by atoms with Crippen molar-refractivity contribution in [3.63, 3.8) is 0 Å². The Kier molecular flexibility index (Phi) is 13.8. The summed E-state index contributed by atoms with van der Waals surface area (Å²) in [6, 6.07) is 20.9. The first-order valence-electron chi connectivity index (χ1n) is 16.6. The Bertz CT molecular complexity index is 1510. The van der Waals surface area contributed by atoms with Crippen molar-refractivity contribution in [1.29, 1.82) is 0 Å². The van der Waals surface area contributed by atoms with Crippen LogP contribution in [0.2, 0.25) is 0 Å². The van der Waals surface area contributed by atoms with E-state index in [0.29, 0.717) is 31.6 Å². The summed E-state index contributed by atoms with van der Waals surface area (Å²) < 4.78 is 1.92. The van der Waals surface area contributed by atoms with Gasteiger partial charge in [0.05, 0.1) is 19.2 Å². The van der Waals surface area contributed by atoms with Gasteiger partial charge < -0.3 is 30.5 Å². The second kappa shape index (κ2) is 18.2. The quantitative estimate of drug-likeness (QED) is 0.114. The second-order valence-corrected chi connectivity index (χ2v) is 11.9. The van der Waals surface area contributed by atoms with Gasteiger partial charge in [0.25, 0.3) is 5.91 Å². The maximum absolute atomic E-state index is 13.7. The fourth-order valence-electron chi connectivity index (χ4n) is 5.93. The number of hydrogen-bond donors (Lipinski definition) is 4. The van der Waals surface area contributed by atoms with Crippen LogP contribution in [0.25, 0.3) is 10.8 Å². The van der Waals surface area contributed by atoms with Crippen LogP contribution in [-0.2, 0) is 24.4 Å².